The zero-order chi connectivity index (χ0) is 17.0. The monoisotopic (exact) mass is 320 g/mol. The molecule has 3 rings (SSSR count). The summed E-state index contributed by atoms with van der Waals surface area (Å²) in [6, 6.07) is 0. The summed E-state index contributed by atoms with van der Waals surface area (Å²) in [6.45, 7) is 14.0. The first kappa shape index (κ1) is 17.0. The number of hydrogen-bond donors (Lipinski definition) is 0. The van der Waals surface area contributed by atoms with Crippen molar-refractivity contribution >= 4 is 5.97 Å². The Bertz CT molecular complexity index is 531. The summed E-state index contributed by atoms with van der Waals surface area (Å²) < 4.78 is 11.4. The highest BCUT2D eigenvalue weighted by Crippen LogP contribution is 2.64. The number of hydrogen-bond acceptors (Lipinski definition) is 3. The SMILES string of the molecule is CC1=CCC(CCOC(=O)CC2CC3OC3(C)C2(C)C)C1(C)C. The Hall–Kier alpha value is -0.830. The molecule has 2 aliphatic carbocycles. The van der Waals surface area contributed by atoms with E-state index in [2.05, 4.69) is 47.6 Å². The summed E-state index contributed by atoms with van der Waals surface area (Å²) in [7, 11) is 0. The minimum atomic E-state index is -0.0338. The van der Waals surface area contributed by atoms with Crippen molar-refractivity contribution in [3.63, 3.8) is 0 Å². The van der Waals surface area contributed by atoms with E-state index in [1.54, 1.807) is 0 Å². The smallest absolute Gasteiger partial charge is 0.306 e. The number of carbonyl (C=O) groups is 1. The Morgan fingerprint density at radius 3 is 2.48 bits per heavy atom. The second-order valence-corrected chi connectivity index (χ2v) is 9.12. The molecule has 4 atom stereocenters. The van der Waals surface area contributed by atoms with Crippen LogP contribution in [0.2, 0.25) is 0 Å². The molecule has 3 aliphatic rings. The van der Waals surface area contributed by atoms with Gasteiger partial charge in [0.1, 0.15) is 0 Å². The molecule has 0 aromatic carbocycles. The molecule has 0 aromatic heterocycles. The highest BCUT2D eigenvalue weighted by atomic mass is 16.6. The number of esters is 1. The second kappa shape index (κ2) is 5.34. The van der Waals surface area contributed by atoms with Crippen LogP contribution >= 0.6 is 0 Å². The van der Waals surface area contributed by atoms with Crippen LogP contribution in [0.4, 0.5) is 0 Å². The fourth-order valence-electron chi connectivity index (χ4n) is 4.65. The van der Waals surface area contributed by atoms with Gasteiger partial charge in [-0.15, -0.1) is 0 Å². The van der Waals surface area contributed by atoms with Crippen molar-refractivity contribution in [1.29, 1.82) is 0 Å². The van der Waals surface area contributed by atoms with Crippen LogP contribution in [0.15, 0.2) is 11.6 Å². The average Bonchev–Trinajstić information content (AvgIpc) is 2.99. The lowest BCUT2D eigenvalue weighted by Gasteiger charge is -2.33. The standard InChI is InChI=1S/C20H32O3/c1-13-7-8-14(18(13,2)3)9-10-22-17(21)12-15-11-16-20(6,23-16)19(15,4)5/h7,14-16H,8-12H2,1-6H3. The summed E-state index contributed by atoms with van der Waals surface area (Å²) in [5.41, 5.74) is 1.75. The van der Waals surface area contributed by atoms with E-state index in [-0.39, 0.29) is 22.4 Å². The normalized spacial score (nSPS) is 39.7. The van der Waals surface area contributed by atoms with E-state index >= 15 is 0 Å². The minimum Gasteiger partial charge on any atom is -0.466 e. The lowest BCUT2D eigenvalue weighted by molar-refractivity contribution is -0.146. The number of epoxide rings is 1. The quantitative estimate of drug-likeness (QED) is 0.425. The topological polar surface area (TPSA) is 38.8 Å². The third-order valence-electron chi connectivity index (χ3n) is 7.63. The molecule has 0 radical (unpaired) electrons. The largest absolute Gasteiger partial charge is 0.466 e. The zero-order valence-corrected chi connectivity index (χ0v) is 15.6. The molecule has 3 nitrogen and oxygen atoms in total. The van der Waals surface area contributed by atoms with Crippen molar-refractivity contribution in [3.05, 3.63) is 11.6 Å². The van der Waals surface area contributed by atoms with Gasteiger partial charge in [-0.25, -0.2) is 0 Å². The van der Waals surface area contributed by atoms with Gasteiger partial charge in [0.2, 0.25) is 0 Å². The molecule has 0 aromatic rings. The van der Waals surface area contributed by atoms with Crippen molar-refractivity contribution in [3.8, 4) is 0 Å². The maximum atomic E-state index is 12.2. The van der Waals surface area contributed by atoms with E-state index in [9.17, 15) is 4.79 Å². The van der Waals surface area contributed by atoms with Crippen LogP contribution in [0.3, 0.4) is 0 Å². The Morgan fingerprint density at radius 2 is 1.96 bits per heavy atom. The summed E-state index contributed by atoms with van der Waals surface area (Å²) >= 11 is 0. The summed E-state index contributed by atoms with van der Waals surface area (Å²) in [4.78, 5) is 12.2. The van der Waals surface area contributed by atoms with Gasteiger partial charge in [0.15, 0.2) is 0 Å². The molecule has 0 bridgehead atoms. The van der Waals surface area contributed by atoms with Crippen LogP contribution in [-0.4, -0.2) is 24.3 Å². The number of fused-ring (bicyclic) bond motifs is 1. The second-order valence-electron chi connectivity index (χ2n) is 9.12. The molecule has 1 saturated heterocycles. The fraction of sp³-hybridized carbons (Fsp3) is 0.850. The first-order chi connectivity index (χ1) is 10.6. The number of rotatable bonds is 5. The molecule has 23 heavy (non-hydrogen) atoms. The summed E-state index contributed by atoms with van der Waals surface area (Å²) in [5, 5.41) is 0. The van der Waals surface area contributed by atoms with E-state index in [4.69, 9.17) is 9.47 Å². The highest BCUT2D eigenvalue weighted by Gasteiger charge is 2.69. The van der Waals surface area contributed by atoms with Crippen molar-refractivity contribution in [2.45, 2.75) is 78.9 Å². The molecule has 3 heteroatoms. The van der Waals surface area contributed by atoms with Crippen LogP contribution in [0.5, 0.6) is 0 Å². The van der Waals surface area contributed by atoms with Gasteiger partial charge in [-0.3, -0.25) is 4.79 Å². The molecule has 1 heterocycles. The van der Waals surface area contributed by atoms with Crippen molar-refractivity contribution in [1.82, 2.24) is 0 Å². The molecule has 2 fully saturated rings. The molecular formula is C20H32O3. The van der Waals surface area contributed by atoms with Gasteiger partial charge in [-0.05, 0) is 55.8 Å². The van der Waals surface area contributed by atoms with Crippen LogP contribution < -0.4 is 0 Å². The van der Waals surface area contributed by atoms with Gasteiger partial charge in [-0.1, -0.05) is 39.3 Å². The van der Waals surface area contributed by atoms with Gasteiger partial charge >= 0.3 is 5.97 Å². The maximum Gasteiger partial charge on any atom is 0.306 e. The van der Waals surface area contributed by atoms with Crippen molar-refractivity contribution in [2.24, 2.45) is 22.7 Å². The third kappa shape index (κ3) is 2.65. The Kier molecular flexibility index (Phi) is 3.95. The van der Waals surface area contributed by atoms with Crippen LogP contribution in [-0.2, 0) is 14.3 Å². The Labute approximate surface area is 140 Å². The summed E-state index contributed by atoms with van der Waals surface area (Å²) in [6.07, 6.45) is 6.29. The van der Waals surface area contributed by atoms with Gasteiger partial charge < -0.3 is 9.47 Å². The number of carbonyl (C=O) groups excluding carboxylic acids is 1. The lowest BCUT2D eigenvalue weighted by atomic mass is 9.73. The van der Waals surface area contributed by atoms with E-state index in [1.807, 2.05) is 0 Å². The molecule has 1 aliphatic heterocycles. The molecule has 0 spiro atoms. The van der Waals surface area contributed by atoms with Crippen LogP contribution in [0.25, 0.3) is 0 Å². The van der Waals surface area contributed by atoms with Gasteiger partial charge in [0, 0.05) is 6.42 Å². The van der Waals surface area contributed by atoms with E-state index < -0.39 is 0 Å². The molecule has 1 saturated carbocycles. The first-order valence-corrected chi connectivity index (χ1v) is 9.09. The number of allylic oxidation sites excluding steroid dienone is 2. The van der Waals surface area contributed by atoms with Gasteiger partial charge in [-0.2, -0.15) is 0 Å². The highest BCUT2D eigenvalue weighted by molar-refractivity contribution is 5.70. The lowest BCUT2D eigenvalue weighted by Crippen LogP contribution is -2.34. The average molecular weight is 320 g/mol. The maximum absolute atomic E-state index is 12.2. The fourth-order valence-corrected chi connectivity index (χ4v) is 4.65. The third-order valence-corrected chi connectivity index (χ3v) is 7.63. The Morgan fingerprint density at radius 1 is 1.26 bits per heavy atom. The van der Waals surface area contributed by atoms with Gasteiger partial charge in [0.05, 0.1) is 18.3 Å². The predicted molar refractivity (Wildman–Crippen MR) is 91.0 cm³/mol. The number of ether oxygens (including phenoxy) is 2. The predicted octanol–water partition coefficient (Wildman–Crippen LogP) is 4.51. The van der Waals surface area contributed by atoms with Gasteiger partial charge in [0.25, 0.3) is 0 Å². The molecule has 0 N–H and O–H groups in total. The minimum absolute atomic E-state index is 0.0188. The van der Waals surface area contributed by atoms with Crippen LogP contribution in [0.1, 0.15) is 67.2 Å². The van der Waals surface area contributed by atoms with E-state index in [1.165, 1.54) is 5.57 Å². The first-order valence-electron chi connectivity index (χ1n) is 9.09. The van der Waals surface area contributed by atoms with E-state index in [0.717, 1.165) is 19.3 Å². The molecular weight excluding hydrogens is 288 g/mol. The van der Waals surface area contributed by atoms with Crippen molar-refractivity contribution in [2.75, 3.05) is 6.61 Å². The molecule has 130 valence electrons. The Balaban J connectivity index is 1.43. The van der Waals surface area contributed by atoms with Crippen molar-refractivity contribution < 1.29 is 14.3 Å². The van der Waals surface area contributed by atoms with E-state index in [0.29, 0.717) is 31.0 Å². The molecule has 4 unspecified atom stereocenters. The summed E-state index contributed by atoms with van der Waals surface area (Å²) in [5.74, 6) is 0.942. The zero-order valence-electron chi connectivity index (χ0n) is 15.6. The molecule has 0 amide bonds. The van der Waals surface area contributed by atoms with Crippen LogP contribution in [0, 0.1) is 22.7 Å².